The van der Waals surface area contributed by atoms with Crippen LogP contribution in [0.2, 0.25) is 0 Å². The molecule has 0 radical (unpaired) electrons. The highest BCUT2D eigenvalue weighted by Crippen LogP contribution is 2.29. The molecular formula is C11H19NOS. The van der Waals surface area contributed by atoms with Gasteiger partial charge in [0.15, 0.2) is 0 Å². The molecule has 0 aromatic carbocycles. The minimum atomic E-state index is 0.146. The first-order valence-corrected chi connectivity index (χ1v) is 5.92. The third-order valence-corrected chi connectivity index (χ3v) is 3.16. The van der Waals surface area contributed by atoms with Crippen molar-refractivity contribution in [1.29, 1.82) is 0 Å². The number of hydrogen-bond acceptors (Lipinski definition) is 3. The molecule has 1 rings (SSSR count). The van der Waals surface area contributed by atoms with Gasteiger partial charge in [-0.3, -0.25) is 0 Å². The summed E-state index contributed by atoms with van der Waals surface area (Å²) in [4.78, 5) is 4.60. The van der Waals surface area contributed by atoms with Crippen LogP contribution in [-0.2, 0) is 4.74 Å². The van der Waals surface area contributed by atoms with E-state index in [9.17, 15) is 0 Å². The van der Waals surface area contributed by atoms with Crippen LogP contribution in [-0.4, -0.2) is 12.1 Å². The predicted molar refractivity (Wildman–Crippen MR) is 60.8 cm³/mol. The van der Waals surface area contributed by atoms with Gasteiger partial charge in [0.25, 0.3) is 0 Å². The van der Waals surface area contributed by atoms with Crippen LogP contribution in [0.5, 0.6) is 0 Å². The molecule has 0 aliphatic carbocycles. The van der Waals surface area contributed by atoms with Crippen LogP contribution in [0, 0.1) is 5.92 Å². The molecular weight excluding hydrogens is 194 g/mol. The first kappa shape index (κ1) is 11.7. The molecule has 0 bridgehead atoms. The molecule has 1 atom stereocenters. The first-order valence-electron chi connectivity index (χ1n) is 5.04. The molecule has 0 aliphatic heterocycles. The number of rotatable bonds is 4. The SMILES string of the molecule is COC(c1nc(C(C)C)cs1)C(C)C. The van der Waals surface area contributed by atoms with Crippen LogP contribution in [0.25, 0.3) is 0 Å². The quantitative estimate of drug-likeness (QED) is 0.762. The second kappa shape index (κ2) is 4.89. The van der Waals surface area contributed by atoms with E-state index >= 15 is 0 Å². The average Bonchev–Trinajstić information content (AvgIpc) is 2.53. The Morgan fingerprint density at radius 1 is 1.29 bits per heavy atom. The third-order valence-electron chi connectivity index (χ3n) is 2.23. The fourth-order valence-corrected chi connectivity index (χ4v) is 2.58. The van der Waals surface area contributed by atoms with Crippen LogP contribution in [0.3, 0.4) is 0 Å². The highest BCUT2D eigenvalue weighted by Gasteiger charge is 2.19. The van der Waals surface area contributed by atoms with Crippen LogP contribution >= 0.6 is 11.3 Å². The molecule has 3 heteroatoms. The maximum atomic E-state index is 5.44. The van der Waals surface area contributed by atoms with Gasteiger partial charge in [-0.2, -0.15) is 0 Å². The summed E-state index contributed by atoms with van der Waals surface area (Å²) >= 11 is 1.70. The van der Waals surface area contributed by atoms with Crippen molar-refractivity contribution in [2.75, 3.05) is 7.11 Å². The fourth-order valence-electron chi connectivity index (χ4n) is 1.35. The monoisotopic (exact) mass is 213 g/mol. The number of nitrogens with zero attached hydrogens (tertiary/aromatic N) is 1. The second-order valence-electron chi connectivity index (χ2n) is 4.17. The maximum Gasteiger partial charge on any atom is 0.122 e. The Morgan fingerprint density at radius 2 is 1.93 bits per heavy atom. The van der Waals surface area contributed by atoms with Crippen molar-refractivity contribution in [3.63, 3.8) is 0 Å². The summed E-state index contributed by atoms with van der Waals surface area (Å²) < 4.78 is 5.44. The second-order valence-corrected chi connectivity index (χ2v) is 5.06. The summed E-state index contributed by atoms with van der Waals surface area (Å²) in [5.74, 6) is 0.982. The van der Waals surface area contributed by atoms with Gasteiger partial charge in [-0.1, -0.05) is 27.7 Å². The van der Waals surface area contributed by atoms with Crippen molar-refractivity contribution in [2.24, 2.45) is 5.92 Å². The van der Waals surface area contributed by atoms with Crippen molar-refractivity contribution in [3.8, 4) is 0 Å². The molecule has 0 fully saturated rings. The van der Waals surface area contributed by atoms with E-state index in [0.29, 0.717) is 11.8 Å². The summed E-state index contributed by atoms with van der Waals surface area (Å²) in [7, 11) is 1.75. The lowest BCUT2D eigenvalue weighted by Gasteiger charge is -2.16. The molecule has 2 nitrogen and oxygen atoms in total. The topological polar surface area (TPSA) is 22.1 Å². The van der Waals surface area contributed by atoms with Crippen LogP contribution in [0.15, 0.2) is 5.38 Å². The highest BCUT2D eigenvalue weighted by molar-refractivity contribution is 7.09. The minimum Gasteiger partial charge on any atom is -0.374 e. The zero-order chi connectivity index (χ0) is 10.7. The normalized spacial score (nSPS) is 13.9. The molecule has 0 aliphatic rings. The van der Waals surface area contributed by atoms with Crippen LogP contribution in [0.1, 0.15) is 50.4 Å². The fraction of sp³-hybridized carbons (Fsp3) is 0.727. The Morgan fingerprint density at radius 3 is 2.29 bits per heavy atom. The van der Waals surface area contributed by atoms with Crippen molar-refractivity contribution in [3.05, 3.63) is 16.1 Å². The number of hydrogen-bond donors (Lipinski definition) is 0. The van der Waals surface area contributed by atoms with E-state index in [-0.39, 0.29) is 6.10 Å². The van der Waals surface area contributed by atoms with Crippen molar-refractivity contribution in [1.82, 2.24) is 4.98 Å². The third kappa shape index (κ3) is 2.55. The van der Waals surface area contributed by atoms with Gasteiger partial charge in [0.2, 0.25) is 0 Å². The summed E-state index contributed by atoms with van der Waals surface area (Å²) in [6.45, 7) is 8.64. The molecule has 80 valence electrons. The summed E-state index contributed by atoms with van der Waals surface area (Å²) in [5.41, 5.74) is 1.17. The van der Waals surface area contributed by atoms with Crippen LogP contribution in [0.4, 0.5) is 0 Å². The van der Waals surface area contributed by atoms with E-state index in [4.69, 9.17) is 4.74 Å². The van der Waals surface area contributed by atoms with Gasteiger partial charge in [-0.25, -0.2) is 4.98 Å². The Labute approximate surface area is 90.3 Å². The Kier molecular flexibility index (Phi) is 4.08. The Bertz CT molecular complexity index is 281. The van der Waals surface area contributed by atoms with Gasteiger partial charge in [0.05, 0.1) is 5.69 Å². The highest BCUT2D eigenvalue weighted by atomic mass is 32.1. The van der Waals surface area contributed by atoms with E-state index in [1.54, 1.807) is 18.4 Å². The van der Waals surface area contributed by atoms with Gasteiger partial charge in [-0.05, 0) is 11.8 Å². The first-order chi connectivity index (χ1) is 6.56. The molecule has 14 heavy (non-hydrogen) atoms. The average molecular weight is 213 g/mol. The Balaban J connectivity index is 2.84. The molecule has 0 N–H and O–H groups in total. The van der Waals surface area contributed by atoms with E-state index in [1.807, 2.05) is 0 Å². The number of ether oxygens (including phenoxy) is 1. The number of aromatic nitrogens is 1. The Hall–Kier alpha value is -0.410. The van der Waals surface area contributed by atoms with Crippen LogP contribution < -0.4 is 0 Å². The summed E-state index contributed by atoms with van der Waals surface area (Å²) in [6, 6.07) is 0. The van der Waals surface area contributed by atoms with E-state index < -0.39 is 0 Å². The largest absolute Gasteiger partial charge is 0.374 e. The minimum absolute atomic E-state index is 0.146. The predicted octanol–water partition coefficient (Wildman–Crippen LogP) is 3.61. The smallest absolute Gasteiger partial charge is 0.122 e. The van der Waals surface area contributed by atoms with E-state index in [2.05, 4.69) is 38.1 Å². The molecule has 1 aromatic rings. The zero-order valence-electron chi connectivity index (χ0n) is 9.57. The molecule has 0 saturated heterocycles. The van der Waals surface area contributed by atoms with Gasteiger partial charge < -0.3 is 4.74 Å². The van der Waals surface area contributed by atoms with Crippen molar-refractivity contribution < 1.29 is 4.74 Å². The summed E-state index contributed by atoms with van der Waals surface area (Å²) in [5, 5.41) is 3.24. The molecule has 0 amide bonds. The van der Waals surface area contributed by atoms with Gasteiger partial charge in [0.1, 0.15) is 11.1 Å². The number of thiazole rings is 1. The standard InChI is InChI=1S/C11H19NOS/c1-7(2)9-6-14-11(12-9)10(13-5)8(3)4/h6-8,10H,1-5H3. The van der Waals surface area contributed by atoms with Gasteiger partial charge in [0, 0.05) is 12.5 Å². The lowest BCUT2D eigenvalue weighted by Crippen LogP contribution is -2.08. The lowest BCUT2D eigenvalue weighted by atomic mass is 10.1. The summed E-state index contributed by atoms with van der Waals surface area (Å²) in [6.07, 6.45) is 0.146. The molecule has 0 spiro atoms. The number of methoxy groups -OCH3 is 1. The molecule has 0 saturated carbocycles. The molecule has 1 unspecified atom stereocenters. The zero-order valence-corrected chi connectivity index (χ0v) is 10.4. The molecule has 1 heterocycles. The van der Waals surface area contributed by atoms with Gasteiger partial charge in [-0.15, -0.1) is 11.3 Å². The van der Waals surface area contributed by atoms with Crippen molar-refractivity contribution in [2.45, 2.75) is 39.7 Å². The maximum absolute atomic E-state index is 5.44. The van der Waals surface area contributed by atoms with E-state index in [1.165, 1.54) is 5.69 Å². The molecule has 1 aromatic heterocycles. The lowest BCUT2D eigenvalue weighted by molar-refractivity contribution is 0.0643. The van der Waals surface area contributed by atoms with Gasteiger partial charge >= 0.3 is 0 Å². The van der Waals surface area contributed by atoms with Crippen molar-refractivity contribution >= 4 is 11.3 Å². The van der Waals surface area contributed by atoms with E-state index in [0.717, 1.165) is 5.01 Å².